The van der Waals surface area contributed by atoms with Crippen molar-refractivity contribution in [1.29, 1.82) is 0 Å². The molecule has 8 aromatic rings. The molecule has 0 amide bonds. The van der Waals surface area contributed by atoms with Crippen LogP contribution >= 0.6 is 0 Å². The molecule has 1 aliphatic carbocycles. The molecule has 0 bridgehead atoms. The second kappa shape index (κ2) is 10.6. The molecule has 0 radical (unpaired) electrons. The molecule has 3 heterocycles. The molecular weight excluding hydrogens is 589 g/mol. The molecule has 226 valence electrons. The van der Waals surface area contributed by atoms with Crippen LogP contribution in [0.2, 0.25) is 0 Å². The molecule has 2 aromatic heterocycles. The minimum Gasteiger partial charge on any atom is -0.455 e. The van der Waals surface area contributed by atoms with Gasteiger partial charge in [0.25, 0.3) is 0 Å². The fourth-order valence-corrected chi connectivity index (χ4v) is 7.38. The van der Waals surface area contributed by atoms with Crippen LogP contribution in [0.1, 0.15) is 11.5 Å². The van der Waals surface area contributed by atoms with Gasteiger partial charge in [0.15, 0.2) is 17.5 Å². The van der Waals surface area contributed by atoms with Gasteiger partial charge in [0.2, 0.25) is 0 Å². The number of fused-ring (bicyclic) bond motifs is 8. The van der Waals surface area contributed by atoms with Crippen LogP contribution in [0.25, 0.3) is 66.9 Å². The number of rotatable bonds is 4. The molecular formula is C43H28N4O. The molecule has 0 N–H and O–H groups in total. The zero-order chi connectivity index (χ0) is 31.6. The highest BCUT2D eigenvalue weighted by Crippen LogP contribution is 2.48. The highest BCUT2D eigenvalue weighted by molar-refractivity contribution is 6.15. The normalized spacial score (nSPS) is 16.5. The number of aromatic nitrogens is 3. The van der Waals surface area contributed by atoms with Gasteiger partial charge in [-0.3, -0.25) is 0 Å². The topological polar surface area (TPSA) is 55.1 Å². The molecule has 6 aromatic carbocycles. The van der Waals surface area contributed by atoms with E-state index in [2.05, 4.69) is 132 Å². The van der Waals surface area contributed by atoms with Crippen LogP contribution < -0.4 is 4.90 Å². The summed E-state index contributed by atoms with van der Waals surface area (Å²) in [6.45, 7) is 0. The number of hydrogen-bond donors (Lipinski definition) is 0. The first-order valence-corrected chi connectivity index (χ1v) is 16.3. The van der Waals surface area contributed by atoms with Gasteiger partial charge in [-0.25, -0.2) is 15.0 Å². The van der Waals surface area contributed by atoms with Gasteiger partial charge in [-0.2, -0.15) is 0 Å². The second-order valence-electron chi connectivity index (χ2n) is 12.4. The Balaban J connectivity index is 1.12. The minimum atomic E-state index is 0.212. The molecule has 1 aliphatic heterocycles. The Morgan fingerprint density at radius 3 is 2.12 bits per heavy atom. The van der Waals surface area contributed by atoms with Crippen molar-refractivity contribution in [2.45, 2.75) is 12.0 Å². The molecule has 0 spiro atoms. The Labute approximate surface area is 277 Å². The highest BCUT2D eigenvalue weighted by atomic mass is 16.3. The van der Waals surface area contributed by atoms with Crippen LogP contribution in [0.15, 0.2) is 162 Å². The number of benzene rings is 6. The molecule has 48 heavy (non-hydrogen) atoms. The van der Waals surface area contributed by atoms with Gasteiger partial charge in [-0.1, -0.05) is 121 Å². The monoisotopic (exact) mass is 616 g/mol. The summed E-state index contributed by atoms with van der Waals surface area (Å²) in [5.74, 6) is 2.17. The number of furan rings is 1. The zero-order valence-corrected chi connectivity index (χ0v) is 25.9. The quantitative estimate of drug-likeness (QED) is 0.197. The lowest BCUT2D eigenvalue weighted by Gasteiger charge is -2.29. The molecule has 5 nitrogen and oxygen atoms in total. The molecule has 0 saturated heterocycles. The molecule has 10 rings (SSSR count). The third-order valence-corrected chi connectivity index (χ3v) is 9.63. The third-order valence-electron chi connectivity index (χ3n) is 9.63. The van der Waals surface area contributed by atoms with Crippen molar-refractivity contribution in [2.75, 3.05) is 4.90 Å². The van der Waals surface area contributed by atoms with Crippen molar-refractivity contribution in [3.05, 3.63) is 163 Å². The van der Waals surface area contributed by atoms with Crippen molar-refractivity contribution in [3.63, 3.8) is 0 Å². The van der Waals surface area contributed by atoms with Gasteiger partial charge in [-0.15, -0.1) is 0 Å². The molecule has 2 unspecified atom stereocenters. The van der Waals surface area contributed by atoms with E-state index in [1.54, 1.807) is 0 Å². The average molecular weight is 617 g/mol. The first kappa shape index (κ1) is 26.8. The predicted molar refractivity (Wildman–Crippen MR) is 194 cm³/mol. The van der Waals surface area contributed by atoms with E-state index < -0.39 is 0 Å². The fraction of sp³-hybridized carbons (Fsp3) is 0.0465. The largest absolute Gasteiger partial charge is 0.455 e. The Kier molecular flexibility index (Phi) is 5.93. The van der Waals surface area contributed by atoms with Crippen molar-refractivity contribution in [2.24, 2.45) is 0 Å². The van der Waals surface area contributed by atoms with E-state index in [4.69, 9.17) is 19.4 Å². The summed E-state index contributed by atoms with van der Waals surface area (Å²) in [4.78, 5) is 17.6. The maximum atomic E-state index is 6.52. The summed E-state index contributed by atoms with van der Waals surface area (Å²) < 4.78 is 6.52. The predicted octanol–water partition coefficient (Wildman–Crippen LogP) is 10.7. The Morgan fingerprint density at radius 1 is 0.521 bits per heavy atom. The van der Waals surface area contributed by atoms with Gasteiger partial charge in [0.1, 0.15) is 11.2 Å². The van der Waals surface area contributed by atoms with E-state index in [-0.39, 0.29) is 6.04 Å². The first-order valence-electron chi connectivity index (χ1n) is 16.3. The van der Waals surface area contributed by atoms with Gasteiger partial charge in [-0.05, 0) is 47.3 Å². The van der Waals surface area contributed by atoms with Gasteiger partial charge in [0.05, 0.1) is 6.04 Å². The van der Waals surface area contributed by atoms with Gasteiger partial charge in [0, 0.05) is 50.1 Å². The summed E-state index contributed by atoms with van der Waals surface area (Å²) in [5.41, 5.74) is 8.12. The van der Waals surface area contributed by atoms with E-state index in [1.165, 1.54) is 11.3 Å². The van der Waals surface area contributed by atoms with Crippen LogP contribution in [0.5, 0.6) is 0 Å². The van der Waals surface area contributed by atoms with Crippen molar-refractivity contribution >= 4 is 44.1 Å². The SMILES string of the molecule is C1=CC2c3ccccc3N(c3cccc(-c4nc(-c5ccccc5)nc(-c5ccc6c(c5)oc5c7ccccc7ccc65)n4)c3)C2C=C1. The third kappa shape index (κ3) is 4.21. The van der Waals surface area contributed by atoms with Crippen LogP contribution in [-0.2, 0) is 0 Å². The van der Waals surface area contributed by atoms with Crippen LogP contribution in [0, 0.1) is 0 Å². The van der Waals surface area contributed by atoms with Crippen molar-refractivity contribution in [1.82, 2.24) is 15.0 Å². The van der Waals surface area contributed by atoms with E-state index in [0.29, 0.717) is 23.4 Å². The van der Waals surface area contributed by atoms with Crippen molar-refractivity contribution < 1.29 is 4.42 Å². The lowest BCUT2D eigenvalue weighted by molar-refractivity contribution is 0.673. The Hall–Kier alpha value is -6.33. The Morgan fingerprint density at radius 2 is 1.23 bits per heavy atom. The summed E-state index contributed by atoms with van der Waals surface area (Å²) in [6, 6.07) is 46.5. The van der Waals surface area contributed by atoms with Gasteiger partial charge >= 0.3 is 0 Å². The Bertz CT molecular complexity index is 2600. The number of anilines is 2. The van der Waals surface area contributed by atoms with Gasteiger partial charge < -0.3 is 9.32 Å². The van der Waals surface area contributed by atoms with E-state index in [1.807, 2.05) is 30.3 Å². The molecule has 0 fully saturated rings. The lowest BCUT2D eigenvalue weighted by Crippen LogP contribution is -2.28. The number of nitrogens with zero attached hydrogens (tertiary/aromatic N) is 4. The fourth-order valence-electron chi connectivity index (χ4n) is 7.38. The smallest absolute Gasteiger partial charge is 0.164 e. The minimum absolute atomic E-state index is 0.212. The van der Waals surface area contributed by atoms with Crippen LogP contribution in [-0.4, -0.2) is 21.0 Å². The average Bonchev–Trinajstić information content (AvgIpc) is 3.71. The first-order chi connectivity index (χ1) is 23.8. The van der Waals surface area contributed by atoms with E-state index >= 15 is 0 Å². The summed E-state index contributed by atoms with van der Waals surface area (Å²) >= 11 is 0. The molecule has 2 atom stereocenters. The number of para-hydroxylation sites is 1. The molecule has 5 heteroatoms. The second-order valence-corrected chi connectivity index (χ2v) is 12.4. The number of allylic oxidation sites excluding steroid dienone is 2. The zero-order valence-electron chi connectivity index (χ0n) is 25.9. The standard InChI is InChI=1S/C43H28N4O/c1-2-12-28(13-3-1)41-44-42(29-14-10-15-31(25-29)47-37-19-8-6-17-33(37)34-18-7-9-20-38(34)47)46-43(45-41)30-22-23-35-36-24-21-27-11-4-5-16-32(27)40(36)48-39(35)26-30/h1-26,33,37H. The van der Waals surface area contributed by atoms with E-state index in [9.17, 15) is 0 Å². The maximum Gasteiger partial charge on any atom is 0.164 e. The summed E-state index contributed by atoms with van der Waals surface area (Å²) in [6.07, 6.45) is 8.90. The molecule has 0 saturated carbocycles. The summed E-state index contributed by atoms with van der Waals surface area (Å²) in [5, 5.41) is 4.43. The van der Waals surface area contributed by atoms with Crippen LogP contribution in [0.4, 0.5) is 11.4 Å². The van der Waals surface area contributed by atoms with Crippen LogP contribution in [0.3, 0.4) is 0 Å². The number of hydrogen-bond acceptors (Lipinski definition) is 5. The van der Waals surface area contributed by atoms with Crippen molar-refractivity contribution in [3.8, 4) is 34.2 Å². The lowest BCUT2D eigenvalue weighted by atomic mass is 9.91. The van der Waals surface area contributed by atoms with E-state index in [0.717, 1.165) is 55.1 Å². The maximum absolute atomic E-state index is 6.52. The summed E-state index contributed by atoms with van der Waals surface area (Å²) in [7, 11) is 0. The molecule has 2 aliphatic rings. The highest BCUT2D eigenvalue weighted by Gasteiger charge is 2.37.